The number of fused-ring (bicyclic) bond motifs is 1. The number of anilines is 1. The molecule has 1 atom stereocenters. The molecule has 27 heavy (non-hydrogen) atoms. The first-order valence-electron chi connectivity index (χ1n) is 9.78. The van der Waals surface area contributed by atoms with Crippen LogP contribution >= 0.6 is 0 Å². The lowest BCUT2D eigenvalue weighted by molar-refractivity contribution is 0.179. The number of benzene rings is 1. The van der Waals surface area contributed by atoms with Gasteiger partial charge in [-0.05, 0) is 36.0 Å². The Labute approximate surface area is 158 Å². The zero-order chi connectivity index (χ0) is 18.2. The van der Waals surface area contributed by atoms with Crippen molar-refractivity contribution in [2.45, 2.75) is 44.1 Å². The largest absolute Gasteiger partial charge is 0.447 e. The Hall–Kier alpha value is -2.82. The number of rotatable bonds is 3. The van der Waals surface area contributed by atoms with Gasteiger partial charge in [0.15, 0.2) is 0 Å². The average Bonchev–Trinajstić information content (AvgIpc) is 3.34. The first-order chi connectivity index (χ1) is 13.3. The molecule has 2 aliphatic rings. The minimum absolute atomic E-state index is 0.102. The van der Waals surface area contributed by atoms with E-state index in [0.717, 1.165) is 16.9 Å². The van der Waals surface area contributed by atoms with E-state index in [1.807, 2.05) is 28.9 Å². The summed E-state index contributed by atoms with van der Waals surface area (Å²) in [6.45, 7) is 0.376. The highest BCUT2D eigenvalue weighted by Crippen LogP contribution is 2.36. The van der Waals surface area contributed by atoms with E-state index in [4.69, 9.17) is 4.74 Å². The van der Waals surface area contributed by atoms with Crippen LogP contribution in [0.4, 0.5) is 10.5 Å². The van der Waals surface area contributed by atoms with Gasteiger partial charge in [-0.2, -0.15) is 0 Å². The number of aromatic nitrogens is 2. The van der Waals surface area contributed by atoms with Crippen LogP contribution in [0, 0.1) is 0 Å². The van der Waals surface area contributed by atoms with Gasteiger partial charge in [0, 0.05) is 24.7 Å². The summed E-state index contributed by atoms with van der Waals surface area (Å²) in [7, 11) is 0. The van der Waals surface area contributed by atoms with Crippen LogP contribution in [0.5, 0.6) is 0 Å². The summed E-state index contributed by atoms with van der Waals surface area (Å²) in [5, 5.41) is 0. The first kappa shape index (κ1) is 16.4. The van der Waals surface area contributed by atoms with Crippen LogP contribution in [-0.2, 0) is 4.74 Å². The molecule has 5 heteroatoms. The number of carbonyl (C=O) groups excluding carboxylic acids is 1. The van der Waals surface area contributed by atoms with E-state index in [9.17, 15) is 4.79 Å². The lowest BCUT2D eigenvalue weighted by Crippen LogP contribution is -2.27. The quantitative estimate of drug-likeness (QED) is 0.653. The second-order valence-electron chi connectivity index (χ2n) is 7.54. The number of imidazole rings is 1. The van der Waals surface area contributed by atoms with Crippen molar-refractivity contribution >= 4 is 17.4 Å². The van der Waals surface area contributed by atoms with Crippen LogP contribution in [-0.4, -0.2) is 22.1 Å². The Morgan fingerprint density at radius 3 is 2.56 bits per heavy atom. The van der Waals surface area contributed by atoms with E-state index >= 15 is 0 Å². The number of hydrogen-bond donors (Lipinski definition) is 0. The number of carbonyl (C=O) groups is 1. The van der Waals surface area contributed by atoms with Crippen LogP contribution in [0.1, 0.15) is 55.2 Å². The maximum Gasteiger partial charge on any atom is 0.415 e. The average molecular weight is 361 g/mol. The molecule has 3 aromatic rings. The van der Waals surface area contributed by atoms with Gasteiger partial charge in [0.05, 0.1) is 11.7 Å². The zero-order valence-corrected chi connectivity index (χ0v) is 15.3. The van der Waals surface area contributed by atoms with Gasteiger partial charge >= 0.3 is 6.09 Å². The Balaban J connectivity index is 1.43. The molecule has 2 fully saturated rings. The Bertz CT molecular complexity index is 957. The Morgan fingerprint density at radius 1 is 0.963 bits per heavy atom. The molecule has 0 spiro atoms. The number of pyridine rings is 1. The molecule has 0 N–H and O–H groups in total. The van der Waals surface area contributed by atoms with Crippen molar-refractivity contribution in [1.82, 2.24) is 9.38 Å². The maximum absolute atomic E-state index is 12.4. The fourth-order valence-electron chi connectivity index (χ4n) is 4.43. The maximum atomic E-state index is 12.4. The monoisotopic (exact) mass is 361 g/mol. The molecular formula is C22H23N3O2. The molecular weight excluding hydrogens is 338 g/mol. The minimum atomic E-state index is -0.299. The zero-order valence-electron chi connectivity index (χ0n) is 15.3. The molecule has 5 rings (SSSR count). The number of hydrogen-bond acceptors (Lipinski definition) is 3. The van der Waals surface area contributed by atoms with Crippen LogP contribution in [0.2, 0.25) is 0 Å². The van der Waals surface area contributed by atoms with Crippen LogP contribution < -0.4 is 4.90 Å². The summed E-state index contributed by atoms with van der Waals surface area (Å²) in [5.41, 5.74) is 4.17. The summed E-state index contributed by atoms with van der Waals surface area (Å²) < 4.78 is 7.32. The first-order valence-corrected chi connectivity index (χ1v) is 9.78. The van der Waals surface area contributed by atoms with E-state index in [-0.39, 0.29) is 12.1 Å². The molecule has 1 unspecified atom stereocenters. The minimum Gasteiger partial charge on any atom is -0.447 e. The van der Waals surface area contributed by atoms with Gasteiger partial charge in [-0.3, -0.25) is 4.90 Å². The number of ether oxygens (including phenoxy) is 1. The summed E-state index contributed by atoms with van der Waals surface area (Å²) in [6, 6.07) is 12.6. The van der Waals surface area contributed by atoms with E-state index in [2.05, 4.69) is 29.2 Å². The summed E-state index contributed by atoms with van der Waals surface area (Å²) in [6.07, 6.45) is 11.9. The molecule has 1 saturated heterocycles. The second kappa shape index (κ2) is 6.72. The molecule has 0 radical (unpaired) electrons. The van der Waals surface area contributed by atoms with Crippen LogP contribution in [0.3, 0.4) is 0 Å². The van der Waals surface area contributed by atoms with Crippen molar-refractivity contribution in [1.29, 1.82) is 0 Å². The third-order valence-electron chi connectivity index (χ3n) is 5.93. The molecule has 1 aliphatic carbocycles. The number of amides is 1. The second-order valence-corrected chi connectivity index (χ2v) is 7.54. The van der Waals surface area contributed by atoms with Crippen molar-refractivity contribution in [2.24, 2.45) is 0 Å². The molecule has 1 amide bonds. The van der Waals surface area contributed by atoms with Crippen molar-refractivity contribution < 1.29 is 9.53 Å². The topological polar surface area (TPSA) is 46.8 Å². The Morgan fingerprint density at radius 2 is 1.74 bits per heavy atom. The normalized spacial score (nSPS) is 21.0. The van der Waals surface area contributed by atoms with Crippen molar-refractivity contribution in [3.8, 4) is 0 Å². The third kappa shape index (κ3) is 2.97. The molecule has 2 aromatic heterocycles. The summed E-state index contributed by atoms with van der Waals surface area (Å²) >= 11 is 0. The van der Waals surface area contributed by atoms with Crippen molar-refractivity contribution in [2.75, 3.05) is 11.5 Å². The summed E-state index contributed by atoms with van der Waals surface area (Å²) in [5.74, 6) is 0.688. The molecule has 1 saturated carbocycles. The van der Waals surface area contributed by atoms with Gasteiger partial charge in [0.2, 0.25) is 0 Å². The van der Waals surface area contributed by atoms with E-state index in [1.54, 1.807) is 11.1 Å². The number of nitrogens with zero attached hydrogens (tertiary/aromatic N) is 3. The van der Waals surface area contributed by atoms with E-state index in [0.29, 0.717) is 12.5 Å². The molecule has 0 bridgehead atoms. The van der Waals surface area contributed by atoms with Crippen molar-refractivity contribution in [3.63, 3.8) is 0 Å². The molecule has 3 heterocycles. The third-order valence-corrected chi connectivity index (χ3v) is 5.93. The molecule has 138 valence electrons. The molecule has 1 aromatic carbocycles. The van der Waals surface area contributed by atoms with Crippen LogP contribution in [0.15, 0.2) is 55.0 Å². The van der Waals surface area contributed by atoms with Crippen molar-refractivity contribution in [3.05, 3.63) is 66.1 Å². The fourth-order valence-corrected chi connectivity index (χ4v) is 4.43. The SMILES string of the molecule is O=C1OCC(c2ccc(C3CCCCC3)cc2)N1c1ccn2ccnc2c1. The fraction of sp³-hybridized carbons (Fsp3) is 0.364. The van der Waals surface area contributed by atoms with Gasteiger partial charge in [-0.15, -0.1) is 0 Å². The predicted molar refractivity (Wildman–Crippen MR) is 104 cm³/mol. The molecule has 5 nitrogen and oxygen atoms in total. The number of cyclic esters (lactones) is 1. The smallest absolute Gasteiger partial charge is 0.415 e. The van der Waals surface area contributed by atoms with E-state index < -0.39 is 0 Å². The van der Waals surface area contributed by atoms with Gasteiger partial charge in [0.25, 0.3) is 0 Å². The van der Waals surface area contributed by atoms with Gasteiger partial charge < -0.3 is 9.14 Å². The predicted octanol–water partition coefficient (Wildman–Crippen LogP) is 5.08. The molecule has 1 aliphatic heterocycles. The highest BCUT2D eigenvalue weighted by Gasteiger charge is 2.35. The lowest BCUT2D eigenvalue weighted by Gasteiger charge is -2.24. The van der Waals surface area contributed by atoms with Gasteiger partial charge in [-0.25, -0.2) is 9.78 Å². The van der Waals surface area contributed by atoms with Crippen LogP contribution in [0.25, 0.3) is 5.65 Å². The van der Waals surface area contributed by atoms with Gasteiger partial charge in [-0.1, -0.05) is 43.5 Å². The lowest BCUT2D eigenvalue weighted by atomic mass is 9.83. The van der Waals surface area contributed by atoms with E-state index in [1.165, 1.54) is 37.7 Å². The standard InChI is InChI=1S/C22H23N3O2/c26-22-25(19-10-12-24-13-11-23-21(24)14-19)20(15-27-22)18-8-6-17(7-9-18)16-4-2-1-3-5-16/h6-14,16,20H,1-5,15H2. The highest BCUT2D eigenvalue weighted by molar-refractivity contribution is 5.91. The summed E-state index contributed by atoms with van der Waals surface area (Å²) in [4.78, 5) is 18.5. The van der Waals surface area contributed by atoms with Gasteiger partial charge in [0.1, 0.15) is 12.3 Å². The highest BCUT2D eigenvalue weighted by atomic mass is 16.6. The Kier molecular flexibility index (Phi) is 4.07.